The number of ketones is 1. The smallest absolute Gasteiger partial charge is 0.245 e. The van der Waals surface area contributed by atoms with Gasteiger partial charge in [0.05, 0.1) is 0 Å². The Bertz CT molecular complexity index is 529. The summed E-state index contributed by atoms with van der Waals surface area (Å²) in [5, 5.41) is 0. The molecule has 1 aliphatic rings. The van der Waals surface area contributed by atoms with E-state index < -0.39 is 5.91 Å². The number of fused-ring (bicyclic) bond motifs is 2. The molecule has 0 radical (unpaired) electrons. The van der Waals surface area contributed by atoms with Crippen molar-refractivity contribution in [1.29, 1.82) is 0 Å². The molecule has 3 heteroatoms. The van der Waals surface area contributed by atoms with Crippen LogP contribution < -0.4 is 5.73 Å². The quantitative estimate of drug-likeness (QED) is 0.798. The summed E-state index contributed by atoms with van der Waals surface area (Å²) in [6, 6.07) is 5.76. The van der Waals surface area contributed by atoms with Crippen molar-refractivity contribution >= 4 is 11.7 Å². The molecule has 1 amide bonds. The summed E-state index contributed by atoms with van der Waals surface area (Å²) in [5.41, 5.74) is 8.49. The number of nitrogens with two attached hydrogens (primary N) is 1. The Morgan fingerprint density at radius 3 is 2.71 bits per heavy atom. The highest BCUT2D eigenvalue weighted by Crippen LogP contribution is 2.23. The van der Waals surface area contributed by atoms with Gasteiger partial charge in [0.2, 0.25) is 5.91 Å². The van der Waals surface area contributed by atoms with Gasteiger partial charge in [-0.1, -0.05) is 18.6 Å². The molecule has 1 atom stereocenters. The van der Waals surface area contributed by atoms with E-state index in [0.29, 0.717) is 11.1 Å². The molecule has 17 heavy (non-hydrogen) atoms. The maximum atomic E-state index is 12.0. The molecule has 1 aromatic rings. The normalized spacial score (nSPS) is 22.4. The van der Waals surface area contributed by atoms with E-state index in [1.807, 2.05) is 32.0 Å². The minimum atomic E-state index is -0.507. The first-order chi connectivity index (χ1) is 7.97. The third kappa shape index (κ3) is 2.28. The average Bonchev–Trinajstić information content (AvgIpc) is 2.22. The fraction of sp³-hybridized carbons (Fsp3) is 0.286. The minimum absolute atomic E-state index is 0.0219. The number of benzene rings is 1. The molecule has 0 spiro atoms. The topological polar surface area (TPSA) is 60.2 Å². The van der Waals surface area contributed by atoms with Crippen LogP contribution in [0.25, 0.3) is 0 Å². The van der Waals surface area contributed by atoms with E-state index in [1.54, 1.807) is 0 Å². The van der Waals surface area contributed by atoms with E-state index in [0.717, 1.165) is 17.5 Å². The van der Waals surface area contributed by atoms with E-state index in [2.05, 4.69) is 0 Å². The number of carbonyl (C=O) groups is 2. The fourth-order valence-corrected chi connectivity index (χ4v) is 2.27. The molecule has 1 aromatic carbocycles. The Morgan fingerprint density at radius 1 is 1.35 bits per heavy atom. The third-order valence-electron chi connectivity index (χ3n) is 3.07. The Balaban J connectivity index is 2.55. The first-order valence-corrected chi connectivity index (χ1v) is 5.63. The van der Waals surface area contributed by atoms with Crippen LogP contribution in [0.3, 0.4) is 0 Å². The number of carbonyl (C=O) groups excluding carboxylic acids is 2. The molecular formula is C14H15NO2. The molecule has 1 aliphatic carbocycles. The SMILES string of the molecule is Cc1cc2cc(c1)C(=O)/C=C(/C(N)=O)C(C)C2. The Labute approximate surface area is 100 Å². The highest BCUT2D eigenvalue weighted by Gasteiger charge is 2.20. The lowest BCUT2D eigenvalue weighted by Crippen LogP contribution is -2.23. The van der Waals surface area contributed by atoms with Crippen LogP contribution in [0.4, 0.5) is 0 Å². The van der Waals surface area contributed by atoms with Gasteiger partial charge < -0.3 is 5.73 Å². The summed E-state index contributed by atoms with van der Waals surface area (Å²) in [4.78, 5) is 23.3. The maximum absolute atomic E-state index is 12.0. The third-order valence-corrected chi connectivity index (χ3v) is 3.07. The molecule has 2 N–H and O–H groups in total. The van der Waals surface area contributed by atoms with Crippen molar-refractivity contribution in [2.24, 2.45) is 11.7 Å². The molecule has 1 unspecified atom stereocenters. The molecule has 0 heterocycles. The summed E-state index contributed by atoms with van der Waals surface area (Å²) in [5.74, 6) is -0.672. The van der Waals surface area contributed by atoms with E-state index >= 15 is 0 Å². The van der Waals surface area contributed by atoms with Crippen LogP contribution >= 0.6 is 0 Å². The average molecular weight is 229 g/mol. The van der Waals surface area contributed by atoms with Crippen LogP contribution in [0.2, 0.25) is 0 Å². The Hall–Kier alpha value is -1.90. The van der Waals surface area contributed by atoms with Gasteiger partial charge in [-0.25, -0.2) is 0 Å². The van der Waals surface area contributed by atoms with Crippen LogP contribution in [-0.2, 0) is 11.2 Å². The van der Waals surface area contributed by atoms with Gasteiger partial charge in [0.1, 0.15) is 0 Å². The summed E-state index contributed by atoms with van der Waals surface area (Å²) in [6.07, 6.45) is 2.11. The van der Waals surface area contributed by atoms with Crippen molar-refractivity contribution in [1.82, 2.24) is 0 Å². The van der Waals surface area contributed by atoms with Crippen LogP contribution in [0.1, 0.15) is 28.4 Å². The van der Waals surface area contributed by atoms with Crippen molar-refractivity contribution in [3.05, 3.63) is 46.5 Å². The highest BCUT2D eigenvalue weighted by molar-refractivity contribution is 6.09. The fourth-order valence-electron chi connectivity index (χ4n) is 2.27. The van der Waals surface area contributed by atoms with E-state index in [4.69, 9.17) is 5.73 Å². The first kappa shape index (κ1) is 11.6. The Morgan fingerprint density at radius 2 is 2.06 bits per heavy atom. The number of hydrogen-bond donors (Lipinski definition) is 1. The van der Waals surface area contributed by atoms with Gasteiger partial charge >= 0.3 is 0 Å². The van der Waals surface area contributed by atoms with Crippen LogP contribution in [0.15, 0.2) is 29.8 Å². The van der Waals surface area contributed by atoms with Crippen molar-refractivity contribution in [3.8, 4) is 0 Å². The zero-order chi connectivity index (χ0) is 12.6. The Kier molecular flexibility index (Phi) is 2.84. The summed E-state index contributed by atoms with van der Waals surface area (Å²) < 4.78 is 0. The molecule has 0 saturated carbocycles. The predicted molar refractivity (Wildman–Crippen MR) is 65.7 cm³/mol. The van der Waals surface area contributed by atoms with Gasteiger partial charge in [-0.3, -0.25) is 9.59 Å². The van der Waals surface area contributed by atoms with Gasteiger partial charge in [0.15, 0.2) is 5.78 Å². The molecule has 2 bridgehead atoms. The lowest BCUT2D eigenvalue weighted by Gasteiger charge is -2.17. The van der Waals surface area contributed by atoms with E-state index in [1.165, 1.54) is 6.08 Å². The van der Waals surface area contributed by atoms with Crippen LogP contribution in [-0.4, -0.2) is 11.7 Å². The zero-order valence-electron chi connectivity index (χ0n) is 9.99. The number of rotatable bonds is 1. The van der Waals surface area contributed by atoms with E-state index in [-0.39, 0.29) is 11.7 Å². The van der Waals surface area contributed by atoms with Gasteiger partial charge in [-0.2, -0.15) is 0 Å². The highest BCUT2D eigenvalue weighted by atomic mass is 16.1. The maximum Gasteiger partial charge on any atom is 0.245 e. The van der Waals surface area contributed by atoms with Crippen molar-refractivity contribution in [2.75, 3.05) is 0 Å². The number of amides is 1. The second-order valence-corrected chi connectivity index (χ2v) is 4.64. The lowest BCUT2D eigenvalue weighted by molar-refractivity contribution is -0.115. The van der Waals surface area contributed by atoms with Crippen molar-refractivity contribution in [3.63, 3.8) is 0 Å². The monoisotopic (exact) mass is 229 g/mol. The summed E-state index contributed by atoms with van der Waals surface area (Å²) >= 11 is 0. The standard InChI is InChI=1S/C14H15NO2/c1-8-3-10-5-9(2)12(14(15)17)7-13(16)11(4-8)6-10/h3-4,6-7,9H,5H2,1-2H3,(H2,15,17)/b12-7+. The van der Waals surface area contributed by atoms with Gasteiger partial charge in [-0.05, 0) is 43.0 Å². The summed E-state index contributed by atoms with van der Waals surface area (Å²) in [6.45, 7) is 3.88. The number of allylic oxidation sites excluding steroid dienone is 1. The molecule has 3 nitrogen and oxygen atoms in total. The largest absolute Gasteiger partial charge is 0.366 e. The number of aryl methyl sites for hydroxylation is 1. The predicted octanol–water partition coefficient (Wildman–Crippen LogP) is 1.78. The molecule has 2 rings (SSSR count). The molecular weight excluding hydrogens is 214 g/mol. The minimum Gasteiger partial charge on any atom is -0.366 e. The molecule has 0 aromatic heterocycles. The second-order valence-electron chi connectivity index (χ2n) is 4.64. The molecule has 0 aliphatic heterocycles. The lowest BCUT2D eigenvalue weighted by atomic mass is 9.87. The summed E-state index contributed by atoms with van der Waals surface area (Å²) in [7, 11) is 0. The van der Waals surface area contributed by atoms with E-state index in [9.17, 15) is 9.59 Å². The number of hydrogen-bond acceptors (Lipinski definition) is 2. The van der Waals surface area contributed by atoms with Crippen LogP contribution in [0, 0.1) is 12.8 Å². The van der Waals surface area contributed by atoms with Crippen molar-refractivity contribution in [2.45, 2.75) is 20.3 Å². The van der Waals surface area contributed by atoms with Crippen molar-refractivity contribution < 1.29 is 9.59 Å². The van der Waals surface area contributed by atoms with Gasteiger partial charge in [-0.15, -0.1) is 0 Å². The second kappa shape index (κ2) is 4.17. The molecule has 0 saturated heterocycles. The molecule has 0 fully saturated rings. The van der Waals surface area contributed by atoms with Gasteiger partial charge in [0, 0.05) is 11.1 Å². The van der Waals surface area contributed by atoms with Gasteiger partial charge in [0.25, 0.3) is 0 Å². The first-order valence-electron chi connectivity index (χ1n) is 5.63. The zero-order valence-corrected chi connectivity index (χ0v) is 9.99. The molecule has 88 valence electrons. The van der Waals surface area contributed by atoms with Crippen LogP contribution in [0.5, 0.6) is 0 Å². The number of primary amides is 1.